The molecular formula is C17H17FN2O2S. The van der Waals surface area contributed by atoms with Gasteiger partial charge in [-0.15, -0.1) is 11.3 Å². The van der Waals surface area contributed by atoms with E-state index in [0.717, 1.165) is 30.0 Å². The standard InChI is InChI=1S/C17H17FN2O2S/c18-13-5-1-3-11-9-14(22-15(11)13)17(21)20-7-2-4-12(10-20)16-19-6-8-23-16/h1,3,5-6,8,12,14H,2,4,7,9-10H2/t12-,14-/m1/s1. The molecule has 6 heteroatoms. The second kappa shape index (κ2) is 5.92. The van der Waals surface area contributed by atoms with Crippen LogP contribution in [0.5, 0.6) is 5.75 Å². The molecule has 0 N–H and O–H groups in total. The van der Waals surface area contributed by atoms with E-state index in [4.69, 9.17) is 4.74 Å². The van der Waals surface area contributed by atoms with Gasteiger partial charge in [-0.25, -0.2) is 9.37 Å². The van der Waals surface area contributed by atoms with E-state index < -0.39 is 11.9 Å². The molecular weight excluding hydrogens is 315 g/mol. The molecule has 0 radical (unpaired) electrons. The Kier molecular flexibility index (Phi) is 3.77. The Bertz CT molecular complexity index is 719. The summed E-state index contributed by atoms with van der Waals surface area (Å²) in [5.74, 6) is 0.103. The number of halogens is 1. The van der Waals surface area contributed by atoms with Gasteiger partial charge in [0.15, 0.2) is 17.7 Å². The van der Waals surface area contributed by atoms with E-state index in [1.165, 1.54) is 6.07 Å². The van der Waals surface area contributed by atoms with Crippen LogP contribution in [-0.4, -0.2) is 35.0 Å². The lowest BCUT2D eigenvalue weighted by Crippen LogP contribution is -2.45. The van der Waals surface area contributed by atoms with E-state index in [0.29, 0.717) is 18.9 Å². The number of para-hydroxylation sites is 1. The van der Waals surface area contributed by atoms with Crippen LogP contribution in [0.2, 0.25) is 0 Å². The Hall–Kier alpha value is -1.95. The van der Waals surface area contributed by atoms with Crippen LogP contribution in [0.3, 0.4) is 0 Å². The van der Waals surface area contributed by atoms with Crippen molar-refractivity contribution in [3.05, 3.63) is 46.2 Å². The molecule has 0 spiro atoms. The highest BCUT2D eigenvalue weighted by Crippen LogP contribution is 2.33. The first-order chi connectivity index (χ1) is 11.2. The summed E-state index contributed by atoms with van der Waals surface area (Å²) in [6, 6.07) is 4.84. The summed E-state index contributed by atoms with van der Waals surface area (Å²) < 4.78 is 19.4. The predicted octanol–water partition coefficient (Wildman–Crippen LogP) is 2.99. The van der Waals surface area contributed by atoms with Crippen LogP contribution in [0, 0.1) is 5.82 Å². The average molecular weight is 332 g/mol. The summed E-state index contributed by atoms with van der Waals surface area (Å²) in [6.45, 7) is 1.41. The van der Waals surface area contributed by atoms with Crippen LogP contribution < -0.4 is 4.74 Å². The largest absolute Gasteiger partial charge is 0.477 e. The summed E-state index contributed by atoms with van der Waals surface area (Å²) in [5.41, 5.74) is 0.775. The SMILES string of the molecule is O=C([C@H]1Cc2cccc(F)c2O1)N1CCC[C@@H](c2nccs2)C1. The van der Waals surface area contributed by atoms with Crippen molar-refractivity contribution in [1.29, 1.82) is 0 Å². The van der Waals surface area contributed by atoms with Crippen molar-refractivity contribution in [2.24, 2.45) is 0 Å². The number of piperidine rings is 1. The number of amides is 1. The molecule has 0 unspecified atom stereocenters. The maximum atomic E-state index is 13.8. The van der Waals surface area contributed by atoms with Gasteiger partial charge in [0.2, 0.25) is 0 Å². The lowest BCUT2D eigenvalue weighted by molar-refractivity contribution is -0.139. The molecule has 2 atom stereocenters. The van der Waals surface area contributed by atoms with Gasteiger partial charge in [0.05, 0.1) is 5.01 Å². The Morgan fingerprint density at radius 1 is 1.43 bits per heavy atom. The highest BCUT2D eigenvalue weighted by Gasteiger charge is 2.36. The average Bonchev–Trinajstić information content (AvgIpc) is 3.24. The molecule has 1 aromatic heterocycles. The monoisotopic (exact) mass is 332 g/mol. The number of nitrogens with zero attached hydrogens (tertiary/aromatic N) is 2. The van der Waals surface area contributed by atoms with Crippen LogP contribution in [0.15, 0.2) is 29.8 Å². The minimum Gasteiger partial charge on any atom is -0.477 e. The zero-order valence-corrected chi connectivity index (χ0v) is 13.4. The van der Waals surface area contributed by atoms with Gasteiger partial charge in [-0.1, -0.05) is 12.1 Å². The van der Waals surface area contributed by atoms with Crippen LogP contribution in [0.1, 0.15) is 29.3 Å². The normalized spacial score (nSPS) is 23.4. The first-order valence-corrected chi connectivity index (χ1v) is 8.72. The van der Waals surface area contributed by atoms with Gasteiger partial charge in [0.1, 0.15) is 0 Å². The summed E-state index contributed by atoms with van der Waals surface area (Å²) in [7, 11) is 0. The van der Waals surface area contributed by atoms with Crippen LogP contribution >= 0.6 is 11.3 Å². The molecule has 1 amide bonds. The molecule has 4 rings (SSSR count). The summed E-state index contributed by atoms with van der Waals surface area (Å²) in [5, 5.41) is 3.06. The van der Waals surface area contributed by atoms with E-state index in [2.05, 4.69) is 4.98 Å². The Labute approximate surface area is 137 Å². The molecule has 120 valence electrons. The first kappa shape index (κ1) is 14.6. The Morgan fingerprint density at radius 2 is 2.35 bits per heavy atom. The molecule has 2 aliphatic heterocycles. The van der Waals surface area contributed by atoms with E-state index in [-0.39, 0.29) is 11.7 Å². The molecule has 1 fully saturated rings. The number of likely N-dealkylation sites (tertiary alicyclic amines) is 1. The zero-order valence-electron chi connectivity index (χ0n) is 12.6. The Balaban J connectivity index is 1.47. The molecule has 4 nitrogen and oxygen atoms in total. The highest BCUT2D eigenvalue weighted by molar-refractivity contribution is 7.09. The molecule has 1 aromatic carbocycles. The number of fused-ring (bicyclic) bond motifs is 1. The lowest BCUT2D eigenvalue weighted by atomic mass is 9.98. The number of rotatable bonds is 2. The van der Waals surface area contributed by atoms with Crippen molar-refractivity contribution >= 4 is 17.2 Å². The first-order valence-electron chi connectivity index (χ1n) is 7.84. The fraction of sp³-hybridized carbons (Fsp3) is 0.412. The minimum atomic E-state index is -0.600. The van der Waals surface area contributed by atoms with Crippen molar-refractivity contribution in [2.45, 2.75) is 31.3 Å². The van der Waals surface area contributed by atoms with Crippen molar-refractivity contribution in [3.8, 4) is 5.75 Å². The van der Waals surface area contributed by atoms with Gasteiger partial charge in [0.25, 0.3) is 5.91 Å². The maximum Gasteiger partial charge on any atom is 0.264 e. The third-order valence-electron chi connectivity index (χ3n) is 4.52. The van der Waals surface area contributed by atoms with Gasteiger partial charge in [-0.05, 0) is 18.9 Å². The summed E-state index contributed by atoms with van der Waals surface area (Å²) >= 11 is 1.64. The minimum absolute atomic E-state index is 0.0399. The molecule has 1 saturated heterocycles. The number of aromatic nitrogens is 1. The van der Waals surface area contributed by atoms with Crippen LogP contribution in [-0.2, 0) is 11.2 Å². The van der Waals surface area contributed by atoms with Crippen molar-refractivity contribution in [3.63, 3.8) is 0 Å². The number of benzene rings is 1. The highest BCUT2D eigenvalue weighted by atomic mass is 32.1. The number of thiazole rings is 1. The van der Waals surface area contributed by atoms with Gasteiger partial charge in [0, 0.05) is 42.6 Å². The number of hydrogen-bond acceptors (Lipinski definition) is 4. The van der Waals surface area contributed by atoms with Crippen molar-refractivity contribution in [2.75, 3.05) is 13.1 Å². The van der Waals surface area contributed by atoms with E-state index in [1.54, 1.807) is 23.6 Å². The molecule has 0 saturated carbocycles. The van der Waals surface area contributed by atoms with E-state index in [9.17, 15) is 9.18 Å². The van der Waals surface area contributed by atoms with Crippen LogP contribution in [0.4, 0.5) is 4.39 Å². The fourth-order valence-electron chi connectivity index (χ4n) is 3.39. The van der Waals surface area contributed by atoms with Gasteiger partial charge in [-0.2, -0.15) is 0 Å². The third-order valence-corrected chi connectivity index (χ3v) is 5.46. The van der Waals surface area contributed by atoms with E-state index in [1.807, 2.05) is 16.3 Å². The number of ether oxygens (including phenoxy) is 1. The molecule has 2 aliphatic rings. The molecule has 0 bridgehead atoms. The summed E-state index contributed by atoms with van der Waals surface area (Å²) in [4.78, 5) is 19.0. The third kappa shape index (κ3) is 2.72. The lowest BCUT2D eigenvalue weighted by Gasteiger charge is -2.33. The van der Waals surface area contributed by atoms with Gasteiger partial charge < -0.3 is 9.64 Å². The molecule has 3 heterocycles. The van der Waals surface area contributed by atoms with E-state index >= 15 is 0 Å². The zero-order chi connectivity index (χ0) is 15.8. The number of carbonyl (C=O) groups is 1. The molecule has 0 aliphatic carbocycles. The molecule has 2 aromatic rings. The fourth-order valence-corrected chi connectivity index (χ4v) is 4.15. The predicted molar refractivity (Wildman–Crippen MR) is 85.2 cm³/mol. The smallest absolute Gasteiger partial charge is 0.264 e. The van der Waals surface area contributed by atoms with Crippen molar-refractivity contribution < 1.29 is 13.9 Å². The maximum absolute atomic E-state index is 13.8. The second-order valence-electron chi connectivity index (χ2n) is 6.03. The number of carbonyl (C=O) groups excluding carboxylic acids is 1. The van der Waals surface area contributed by atoms with Gasteiger partial charge >= 0.3 is 0 Å². The van der Waals surface area contributed by atoms with Crippen LogP contribution in [0.25, 0.3) is 0 Å². The second-order valence-corrected chi connectivity index (χ2v) is 6.96. The topological polar surface area (TPSA) is 42.4 Å². The molecule has 23 heavy (non-hydrogen) atoms. The summed E-state index contributed by atoms with van der Waals surface area (Å²) in [6.07, 6.45) is 3.67. The van der Waals surface area contributed by atoms with Gasteiger partial charge in [-0.3, -0.25) is 4.79 Å². The quantitative estimate of drug-likeness (QED) is 0.849. The Morgan fingerprint density at radius 3 is 3.13 bits per heavy atom. The number of hydrogen-bond donors (Lipinski definition) is 0. The van der Waals surface area contributed by atoms with Crippen molar-refractivity contribution in [1.82, 2.24) is 9.88 Å².